The molecule has 1 saturated heterocycles. The second kappa shape index (κ2) is 9.69. The third kappa shape index (κ3) is 4.66. The van der Waals surface area contributed by atoms with Crippen molar-refractivity contribution in [3.05, 3.63) is 117 Å². The standard InChI is InChI=1S/C27H18N2O4S2/c30-26-25(35-27(34)28(26)20-9-2-1-3-10-20)16-23-22-12-5-4-8-19(22)13-14-24(23)33-17-18-7-6-11-21(15-18)29(31)32/h1-16H,17H2/b25-16+. The number of nitro groups is 1. The van der Waals surface area contributed by atoms with E-state index in [1.165, 1.54) is 28.8 Å². The highest BCUT2D eigenvalue weighted by atomic mass is 32.2. The summed E-state index contributed by atoms with van der Waals surface area (Å²) in [5, 5.41) is 13.0. The molecule has 0 N–H and O–H groups in total. The Morgan fingerprint density at radius 1 is 0.971 bits per heavy atom. The molecule has 35 heavy (non-hydrogen) atoms. The number of para-hydroxylation sites is 1. The van der Waals surface area contributed by atoms with Gasteiger partial charge in [0.15, 0.2) is 4.32 Å². The van der Waals surface area contributed by atoms with Crippen molar-refractivity contribution in [2.75, 3.05) is 4.90 Å². The second-order valence-corrected chi connectivity index (χ2v) is 9.44. The number of nitro benzene ring substituents is 1. The van der Waals surface area contributed by atoms with Crippen molar-refractivity contribution in [2.45, 2.75) is 6.61 Å². The Bertz CT molecular complexity index is 1500. The lowest BCUT2D eigenvalue weighted by Gasteiger charge is -2.14. The summed E-state index contributed by atoms with van der Waals surface area (Å²) in [7, 11) is 0. The number of hydrogen-bond acceptors (Lipinski definition) is 6. The highest BCUT2D eigenvalue weighted by molar-refractivity contribution is 8.27. The van der Waals surface area contributed by atoms with Gasteiger partial charge >= 0.3 is 0 Å². The molecular formula is C27H18N2O4S2. The molecule has 1 fully saturated rings. The van der Waals surface area contributed by atoms with Crippen LogP contribution in [0.2, 0.25) is 0 Å². The Labute approximate surface area is 211 Å². The first-order valence-corrected chi connectivity index (χ1v) is 11.9. The Hall–Kier alpha value is -4.01. The molecule has 4 aromatic rings. The Balaban J connectivity index is 1.52. The van der Waals surface area contributed by atoms with Gasteiger partial charge in [-0.3, -0.25) is 19.8 Å². The first kappa shape index (κ1) is 22.8. The molecule has 0 aliphatic carbocycles. The number of ether oxygens (including phenoxy) is 1. The fourth-order valence-corrected chi connectivity index (χ4v) is 5.15. The van der Waals surface area contributed by atoms with Gasteiger partial charge in [-0.1, -0.05) is 84.6 Å². The summed E-state index contributed by atoms with van der Waals surface area (Å²) in [4.78, 5) is 26.0. The first-order valence-electron chi connectivity index (χ1n) is 10.7. The van der Waals surface area contributed by atoms with Gasteiger partial charge in [-0.25, -0.2) is 0 Å². The highest BCUT2D eigenvalue weighted by Crippen LogP contribution is 2.39. The average molecular weight is 499 g/mol. The van der Waals surface area contributed by atoms with E-state index in [1.54, 1.807) is 12.1 Å². The molecule has 0 spiro atoms. The van der Waals surface area contributed by atoms with E-state index in [1.807, 2.05) is 72.8 Å². The highest BCUT2D eigenvalue weighted by Gasteiger charge is 2.33. The lowest BCUT2D eigenvalue weighted by atomic mass is 10.0. The second-order valence-electron chi connectivity index (χ2n) is 7.77. The maximum atomic E-state index is 13.3. The van der Waals surface area contributed by atoms with E-state index in [0.29, 0.717) is 20.5 Å². The molecule has 0 aromatic heterocycles. The molecular weight excluding hydrogens is 480 g/mol. The van der Waals surface area contributed by atoms with E-state index in [4.69, 9.17) is 17.0 Å². The van der Waals surface area contributed by atoms with Gasteiger partial charge in [-0.15, -0.1) is 0 Å². The molecule has 0 bridgehead atoms. The van der Waals surface area contributed by atoms with Gasteiger partial charge in [-0.2, -0.15) is 0 Å². The van der Waals surface area contributed by atoms with E-state index in [-0.39, 0.29) is 18.2 Å². The number of carbonyl (C=O) groups is 1. The number of benzene rings is 4. The number of hydrogen-bond donors (Lipinski definition) is 0. The number of anilines is 1. The number of amides is 1. The van der Waals surface area contributed by atoms with Gasteiger partial charge in [0.05, 0.1) is 15.5 Å². The van der Waals surface area contributed by atoms with Crippen LogP contribution in [0.15, 0.2) is 95.9 Å². The van der Waals surface area contributed by atoms with Crippen LogP contribution < -0.4 is 9.64 Å². The van der Waals surface area contributed by atoms with Crippen LogP contribution in [0.3, 0.4) is 0 Å². The van der Waals surface area contributed by atoms with Gasteiger partial charge < -0.3 is 4.74 Å². The lowest BCUT2D eigenvalue weighted by molar-refractivity contribution is -0.384. The third-order valence-electron chi connectivity index (χ3n) is 5.53. The predicted octanol–water partition coefficient (Wildman–Crippen LogP) is 6.73. The van der Waals surface area contributed by atoms with Crippen LogP contribution in [0.25, 0.3) is 16.8 Å². The van der Waals surface area contributed by atoms with Crippen molar-refractivity contribution >= 4 is 62.4 Å². The van der Waals surface area contributed by atoms with Crippen molar-refractivity contribution < 1.29 is 14.5 Å². The molecule has 1 aliphatic rings. The smallest absolute Gasteiger partial charge is 0.270 e. The molecule has 4 aromatic carbocycles. The van der Waals surface area contributed by atoms with Crippen molar-refractivity contribution in [3.8, 4) is 5.75 Å². The van der Waals surface area contributed by atoms with Crippen LogP contribution in [0.1, 0.15) is 11.1 Å². The van der Waals surface area contributed by atoms with E-state index in [0.717, 1.165) is 22.0 Å². The Morgan fingerprint density at radius 2 is 1.74 bits per heavy atom. The summed E-state index contributed by atoms with van der Waals surface area (Å²) in [6.07, 6.45) is 1.81. The number of rotatable bonds is 6. The Kier molecular flexibility index (Phi) is 6.31. The molecule has 8 heteroatoms. The molecule has 172 valence electrons. The summed E-state index contributed by atoms with van der Waals surface area (Å²) >= 11 is 6.76. The predicted molar refractivity (Wildman–Crippen MR) is 143 cm³/mol. The minimum atomic E-state index is -0.431. The van der Waals surface area contributed by atoms with E-state index < -0.39 is 4.92 Å². The SMILES string of the molecule is O=C1/C(=C\c2c(OCc3cccc([N+](=O)[O-])c3)ccc3ccccc23)SC(=S)N1c1ccccc1. The minimum absolute atomic E-state index is 0.00872. The molecule has 1 amide bonds. The monoisotopic (exact) mass is 498 g/mol. The molecule has 0 radical (unpaired) electrons. The number of fused-ring (bicyclic) bond motifs is 1. The Morgan fingerprint density at radius 3 is 2.54 bits per heavy atom. The maximum absolute atomic E-state index is 13.3. The van der Waals surface area contributed by atoms with Crippen LogP contribution in [-0.4, -0.2) is 15.2 Å². The first-order chi connectivity index (χ1) is 17.0. The van der Waals surface area contributed by atoms with Crippen molar-refractivity contribution in [1.29, 1.82) is 0 Å². The van der Waals surface area contributed by atoms with Crippen LogP contribution in [0.4, 0.5) is 11.4 Å². The van der Waals surface area contributed by atoms with Crippen molar-refractivity contribution in [2.24, 2.45) is 0 Å². The maximum Gasteiger partial charge on any atom is 0.270 e. The zero-order valence-corrected chi connectivity index (χ0v) is 19.9. The van der Waals surface area contributed by atoms with Crippen molar-refractivity contribution in [3.63, 3.8) is 0 Å². The van der Waals surface area contributed by atoms with Crippen molar-refractivity contribution in [1.82, 2.24) is 0 Å². The van der Waals surface area contributed by atoms with E-state index in [9.17, 15) is 14.9 Å². The number of nitrogens with zero attached hydrogens (tertiary/aromatic N) is 2. The molecule has 6 nitrogen and oxygen atoms in total. The molecule has 0 atom stereocenters. The number of thioether (sulfide) groups is 1. The normalized spacial score (nSPS) is 14.6. The fourth-order valence-electron chi connectivity index (χ4n) is 3.87. The summed E-state index contributed by atoms with van der Waals surface area (Å²) in [6, 6.07) is 27.3. The number of non-ortho nitro benzene ring substituents is 1. The molecule has 0 unspecified atom stereocenters. The third-order valence-corrected chi connectivity index (χ3v) is 6.83. The average Bonchev–Trinajstić information content (AvgIpc) is 3.16. The fraction of sp³-hybridized carbons (Fsp3) is 0.0370. The zero-order valence-electron chi connectivity index (χ0n) is 18.3. The summed E-state index contributed by atoms with van der Waals surface area (Å²) in [5.74, 6) is 0.379. The summed E-state index contributed by atoms with van der Waals surface area (Å²) < 4.78 is 6.58. The number of thiocarbonyl (C=S) groups is 1. The van der Waals surface area contributed by atoms with E-state index >= 15 is 0 Å². The van der Waals surface area contributed by atoms with Gasteiger partial charge in [-0.05, 0) is 40.6 Å². The van der Waals surface area contributed by atoms with Gasteiger partial charge in [0.25, 0.3) is 11.6 Å². The minimum Gasteiger partial charge on any atom is -0.488 e. The quantitative estimate of drug-likeness (QED) is 0.127. The largest absolute Gasteiger partial charge is 0.488 e. The molecule has 5 rings (SSSR count). The van der Waals surface area contributed by atoms with Crippen LogP contribution in [0.5, 0.6) is 5.75 Å². The summed E-state index contributed by atoms with van der Waals surface area (Å²) in [6.45, 7) is 0.145. The van der Waals surface area contributed by atoms with Gasteiger partial charge in [0, 0.05) is 17.7 Å². The van der Waals surface area contributed by atoms with Crippen LogP contribution >= 0.6 is 24.0 Å². The summed E-state index contributed by atoms with van der Waals surface area (Å²) in [5.41, 5.74) is 2.16. The topological polar surface area (TPSA) is 72.7 Å². The van der Waals surface area contributed by atoms with E-state index in [2.05, 4.69) is 0 Å². The zero-order chi connectivity index (χ0) is 24.4. The lowest BCUT2D eigenvalue weighted by Crippen LogP contribution is -2.27. The molecule has 1 heterocycles. The van der Waals surface area contributed by atoms with Crippen LogP contribution in [0, 0.1) is 10.1 Å². The van der Waals surface area contributed by atoms with Gasteiger partial charge in [0.1, 0.15) is 12.4 Å². The van der Waals surface area contributed by atoms with Gasteiger partial charge in [0.2, 0.25) is 0 Å². The molecule has 0 saturated carbocycles. The van der Waals surface area contributed by atoms with Crippen LogP contribution in [-0.2, 0) is 11.4 Å². The molecule has 1 aliphatic heterocycles. The number of carbonyl (C=O) groups excluding carboxylic acids is 1.